The van der Waals surface area contributed by atoms with Crippen LogP contribution in [0.2, 0.25) is 0 Å². The van der Waals surface area contributed by atoms with Crippen molar-refractivity contribution >= 4 is 5.91 Å². The molecule has 3 atom stereocenters. The molecule has 0 radical (unpaired) electrons. The van der Waals surface area contributed by atoms with Gasteiger partial charge < -0.3 is 20.6 Å². The van der Waals surface area contributed by atoms with E-state index in [9.17, 15) is 20.1 Å². The standard InChI is InChI=1S/C50H101NO4/c1-3-5-7-9-11-13-15-17-19-21-23-24-25-26-28-30-32-34-36-38-40-42-44-49(54)48(46-52)51-50(55)45-47(53)43-41-39-37-35-33-31-29-27-22-20-18-16-14-12-10-8-6-4-2/h47-49,52-54H,3-46H2,1-2H3,(H,51,55). The Bertz CT molecular complexity index is 733. The van der Waals surface area contributed by atoms with Crippen LogP contribution in [-0.2, 0) is 4.79 Å². The van der Waals surface area contributed by atoms with Gasteiger partial charge in [0.2, 0.25) is 5.91 Å². The fourth-order valence-corrected chi connectivity index (χ4v) is 8.29. The lowest BCUT2D eigenvalue weighted by atomic mass is 10.0. The van der Waals surface area contributed by atoms with Crippen LogP contribution in [0.1, 0.15) is 290 Å². The van der Waals surface area contributed by atoms with Crippen molar-refractivity contribution in [3.8, 4) is 0 Å². The van der Waals surface area contributed by atoms with Crippen molar-refractivity contribution in [1.29, 1.82) is 0 Å². The minimum Gasteiger partial charge on any atom is -0.394 e. The first-order chi connectivity index (χ1) is 27.0. The van der Waals surface area contributed by atoms with Crippen molar-refractivity contribution in [3.05, 3.63) is 0 Å². The molecular weight excluding hydrogens is 679 g/mol. The maximum Gasteiger partial charge on any atom is 0.222 e. The predicted molar refractivity (Wildman–Crippen MR) is 241 cm³/mol. The van der Waals surface area contributed by atoms with E-state index in [1.54, 1.807) is 0 Å². The summed E-state index contributed by atoms with van der Waals surface area (Å²) in [6.07, 6.45) is 53.8. The maximum absolute atomic E-state index is 12.5. The largest absolute Gasteiger partial charge is 0.394 e. The molecule has 0 spiro atoms. The number of nitrogens with one attached hydrogen (secondary N) is 1. The van der Waals surface area contributed by atoms with E-state index in [-0.39, 0.29) is 18.9 Å². The topological polar surface area (TPSA) is 89.8 Å². The lowest BCUT2D eigenvalue weighted by Gasteiger charge is -2.23. The molecule has 0 saturated heterocycles. The number of carbonyl (C=O) groups is 1. The Labute approximate surface area is 345 Å². The molecule has 0 rings (SSSR count). The van der Waals surface area contributed by atoms with E-state index in [4.69, 9.17) is 0 Å². The molecular formula is C50H101NO4. The first kappa shape index (κ1) is 54.3. The lowest BCUT2D eigenvalue weighted by Crippen LogP contribution is -2.46. The highest BCUT2D eigenvalue weighted by atomic mass is 16.3. The van der Waals surface area contributed by atoms with E-state index in [1.165, 1.54) is 231 Å². The van der Waals surface area contributed by atoms with Gasteiger partial charge in [-0.2, -0.15) is 0 Å². The summed E-state index contributed by atoms with van der Waals surface area (Å²) in [4.78, 5) is 12.5. The third-order valence-corrected chi connectivity index (χ3v) is 12.2. The van der Waals surface area contributed by atoms with Crippen molar-refractivity contribution in [2.75, 3.05) is 6.61 Å². The summed E-state index contributed by atoms with van der Waals surface area (Å²) in [7, 11) is 0. The van der Waals surface area contributed by atoms with Crippen molar-refractivity contribution in [2.24, 2.45) is 0 Å². The first-order valence-electron chi connectivity index (χ1n) is 25.3. The molecule has 3 unspecified atom stereocenters. The Morgan fingerprint density at radius 2 is 0.618 bits per heavy atom. The summed E-state index contributed by atoms with van der Waals surface area (Å²) in [6, 6.07) is -0.653. The van der Waals surface area contributed by atoms with Crippen molar-refractivity contribution in [1.82, 2.24) is 5.32 Å². The monoisotopic (exact) mass is 780 g/mol. The minimum atomic E-state index is -0.744. The normalized spacial score (nSPS) is 13.3. The van der Waals surface area contributed by atoms with Gasteiger partial charge in [0, 0.05) is 0 Å². The van der Waals surface area contributed by atoms with Crippen LogP contribution in [0, 0.1) is 0 Å². The van der Waals surface area contributed by atoms with Gasteiger partial charge in [-0.05, 0) is 12.8 Å². The highest BCUT2D eigenvalue weighted by Gasteiger charge is 2.21. The van der Waals surface area contributed by atoms with Crippen LogP contribution in [-0.4, -0.2) is 46.1 Å². The van der Waals surface area contributed by atoms with Gasteiger partial charge in [-0.25, -0.2) is 0 Å². The molecule has 0 saturated carbocycles. The molecule has 0 aromatic rings. The lowest BCUT2D eigenvalue weighted by molar-refractivity contribution is -0.125. The molecule has 0 bridgehead atoms. The van der Waals surface area contributed by atoms with Crippen LogP contribution < -0.4 is 5.32 Å². The second-order valence-corrected chi connectivity index (χ2v) is 17.8. The summed E-state index contributed by atoms with van der Waals surface area (Å²) >= 11 is 0. The molecule has 0 aromatic carbocycles. The molecule has 1 amide bonds. The van der Waals surface area contributed by atoms with Gasteiger partial charge in [-0.3, -0.25) is 4.79 Å². The van der Waals surface area contributed by atoms with Crippen LogP contribution in [0.4, 0.5) is 0 Å². The predicted octanol–water partition coefficient (Wildman–Crippen LogP) is 15.0. The summed E-state index contributed by atoms with van der Waals surface area (Å²) in [5, 5.41) is 33.5. The van der Waals surface area contributed by atoms with Gasteiger partial charge in [0.1, 0.15) is 0 Å². The van der Waals surface area contributed by atoms with Crippen LogP contribution in [0.15, 0.2) is 0 Å². The second-order valence-electron chi connectivity index (χ2n) is 17.8. The van der Waals surface area contributed by atoms with Gasteiger partial charge in [0.25, 0.3) is 0 Å². The Hall–Kier alpha value is -0.650. The number of amides is 1. The summed E-state index contributed by atoms with van der Waals surface area (Å²) in [5.41, 5.74) is 0. The van der Waals surface area contributed by atoms with E-state index in [0.29, 0.717) is 12.8 Å². The Kier molecular flexibility index (Phi) is 45.5. The van der Waals surface area contributed by atoms with Crippen LogP contribution in [0.3, 0.4) is 0 Å². The molecule has 0 heterocycles. The molecule has 0 fully saturated rings. The molecule has 0 aliphatic carbocycles. The fourth-order valence-electron chi connectivity index (χ4n) is 8.29. The fraction of sp³-hybridized carbons (Fsp3) is 0.980. The molecule has 55 heavy (non-hydrogen) atoms. The quantitative estimate of drug-likeness (QED) is 0.0463. The van der Waals surface area contributed by atoms with E-state index in [2.05, 4.69) is 19.2 Å². The third-order valence-electron chi connectivity index (χ3n) is 12.2. The van der Waals surface area contributed by atoms with E-state index in [1.807, 2.05) is 0 Å². The zero-order chi connectivity index (χ0) is 40.1. The highest BCUT2D eigenvalue weighted by molar-refractivity contribution is 5.76. The number of hydrogen-bond donors (Lipinski definition) is 4. The molecule has 0 aliphatic rings. The van der Waals surface area contributed by atoms with Gasteiger partial charge in [-0.15, -0.1) is 0 Å². The van der Waals surface area contributed by atoms with Gasteiger partial charge in [-0.1, -0.05) is 271 Å². The van der Waals surface area contributed by atoms with Gasteiger partial charge in [0.15, 0.2) is 0 Å². The van der Waals surface area contributed by atoms with E-state index in [0.717, 1.165) is 25.7 Å². The minimum absolute atomic E-state index is 0.0432. The Balaban J connectivity index is 3.53. The molecule has 5 heteroatoms. The number of carbonyl (C=O) groups excluding carboxylic acids is 1. The summed E-state index contributed by atoms with van der Waals surface area (Å²) in [6.45, 7) is 4.30. The molecule has 0 aliphatic heterocycles. The third kappa shape index (κ3) is 42.8. The average molecular weight is 780 g/mol. The zero-order valence-corrected chi connectivity index (χ0v) is 37.6. The van der Waals surface area contributed by atoms with Crippen molar-refractivity contribution in [2.45, 2.75) is 308 Å². The maximum atomic E-state index is 12.5. The molecule has 5 nitrogen and oxygen atoms in total. The van der Waals surface area contributed by atoms with E-state index < -0.39 is 18.2 Å². The summed E-state index contributed by atoms with van der Waals surface area (Å²) in [5.74, 6) is -0.276. The summed E-state index contributed by atoms with van der Waals surface area (Å²) < 4.78 is 0. The Morgan fingerprint density at radius 1 is 0.382 bits per heavy atom. The van der Waals surface area contributed by atoms with Crippen molar-refractivity contribution < 1.29 is 20.1 Å². The average Bonchev–Trinajstić information content (AvgIpc) is 3.18. The SMILES string of the molecule is CCCCCCCCCCCCCCCCCCCCCCCCC(O)C(CO)NC(=O)CC(O)CCCCCCCCCCCCCCCCCCCC. The van der Waals surface area contributed by atoms with E-state index >= 15 is 0 Å². The number of aliphatic hydroxyl groups excluding tert-OH is 3. The zero-order valence-electron chi connectivity index (χ0n) is 37.6. The van der Waals surface area contributed by atoms with Crippen LogP contribution >= 0.6 is 0 Å². The van der Waals surface area contributed by atoms with Gasteiger partial charge in [0.05, 0.1) is 31.3 Å². The van der Waals surface area contributed by atoms with Gasteiger partial charge >= 0.3 is 0 Å². The highest BCUT2D eigenvalue weighted by Crippen LogP contribution is 2.18. The number of rotatable bonds is 47. The smallest absolute Gasteiger partial charge is 0.222 e. The number of unbranched alkanes of at least 4 members (excludes halogenated alkanes) is 38. The molecule has 4 N–H and O–H groups in total. The number of aliphatic hydroxyl groups is 3. The van der Waals surface area contributed by atoms with Crippen molar-refractivity contribution in [3.63, 3.8) is 0 Å². The Morgan fingerprint density at radius 3 is 0.873 bits per heavy atom. The van der Waals surface area contributed by atoms with Crippen LogP contribution in [0.25, 0.3) is 0 Å². The molecule has 330 valence electrons. The second kappa shape index (κ2) is 46.0. The number of hydrogen-bond acceptors (Lipinski definition) is 4. The first-order valence-corrected chi connectivity index (χ1v) is 25.3. The molecule has 0 aromatic heterocycles. The van der Waals surface area contributed by atoms with Crippen LogP contribution in [0.5, 0.6) is 0 Å².